The average molecular weight is 446 g/mol. The number of nitrogens with zero attached hydrogens (tertiary/aromatic N) is 3. The van der Waals surface area contributed by atoms with E-state index in [9.17, 15) is 13.2 Å². The lowest BCUT2D eigenvalue weighted by Gasteiger charge is -2.20. The van der Waals surface area contributed by atoms with Crippen LogP contribution in [0.25, 0.3) is 0 Å². The van der Waals surface area contributed by atoms with Crippen LogP contribution in [0.15, 0.2) is 52.5 Å². The summed E-state index contributed by atoms with van der Waals surface area (Å²) < 4.78 is 23.4. The number of nitrogens with two attached hydrogens (primary N) is 2. The number of hydrazone groups is 1. The second-order valence-corrected chi connectivity index (χ2v) is 9.97. The maximum Gasteiger partial charge on any atom is 0.279 e. The molecule has 0 saturated carbocycles. The Labute approximate surface area is 181 Å². The molecule has 0 spiro atoms. The van der Waals surface area contributed by atoms with Crippen LogP contribution in [0.4, 0.5) is 11.4 Å². The number of hydrogen-bond acceptors (Lipinski definition) is 5. The first-order chi connectivity index (χ1) is 13.8. The largest absolute Gasteiger partial charge is 0.374 e. The van der Waals surface area contributed by atoms with Crippen LogP contribution in [-0.4, -0.2) is 32.2 Å². The molecule has 0 radical (unpaired) electrons. The third-order valence-corrected chi connectivity index (χ3v) is 5.87. The van der Waals surface area contributed by atoms with Gasteiger partial charge in [-0.25, -0.2) is 18.6 Å². The zero-order chi connectivity index (χ0) is 22.4. The molecule has 0 atom stereocenters. The van der Waals surface area contributed by atoms with E-state index in [1.165, 1.54) is 23.1 Å². The Kier molecular flexibility index (Phi) is 5.44. The molecule has 3 rings (SSSR count). The summed E-state index contributed by atoms with van der Waals surface area (Å²) in [5, 5.41) is 10.6. The van der Waals surface area contributed by atoms with Gasteiger partial charge < -0.3 is 10.6 Å². The van der Waals surface area contributed by atoms with Crippen LogP contribution in [0.1, 0.15) is 31.9 Å². The van der Waals surface area contributed by atoms with Gasteiger partial charge in [-0.3, -0.25) is 4.79 Å². The molecule has 1 aliphatic heterocycles. The smallest absolute Gasteiger partial charge is 0.279 e. The number of carbonyl (C=O) groups is 1. The molecule has 10 heteroatoms. The summed E-state index contributed by atoms with van der Waals surface area (Å²) in [5.41, 5.74) is 8.56. The number of thiocarbonyl (C=S) groups is 1. The number of primary sulfonamides is 1. The second-order valence-electron chi connectivity index (χ2n) is 7.99. The standard InChI is InChI=1S/C20H23N5O3S2/c1-20(2,3)12-8-9-16-15(10-12)17(18(26)24(16)4)23-25(19(21)29)13-6-5-7-14(11-13)30(22,27)28/h5-11H,1-4H3,(H2,21,29)(H2,22,27,28)/b23-17-. The highest BCUT2D eigenvalue weighted by Crippen LogP contribution is 2.33. The van der Waals surface area contributed by atoms with Crippen LogP contribution < -0.4 is 20.8 Å². The molecule has 0 unspecified atom stereocenters. The fraction of sp³-hybridized carbons (Fsp3) is 0.250. The zero-order valence-electron chi connectivity index (χ0n) is 17.1. The Morgan fingerprint density at radius 3 is 2.40 bits per heavy atom. The van der Waals surface area contributed by atoms with Crippen molar-refractivity contribution < 1.29 is 13.2 Å². The second kappa shape index (κ2) is 7.46. The molecule has 1 aliphatic rings. The summed E-state index contributed by atoms with van der Waals surface area (Å²) in [6.07, 6.45) is 0. The summed E-state index contributed by atoms with van der Waals surface area (Å²) in [6.45, 7) is 6.23. The topological polar surface area (TPSA) is 122 Å². The van der Waals surface area contributed by atoms with Gasteiger partial charge in [-0.2, -0.15) is 5.10 Å². The first kappa shape index (κ1) is 21.9. The van der Waals surface area contributed by atoms with E-state index in [1.54, 1.807) is 13.1 Å². The van der Waals surface area contributed by atoms with Crippen LogP contribution in [-0.2, 0) is 20.2 Å². The van der Waals surface area contributed by atoms with Crippen molar-refractivity contribution in [3.05, 3.63) is 53.6 Å². The predicted octanol–water partition coefficient (Wildman–Crippen LogP) is 2.06. The van der Waals surface area contributed by atoms with Crippen molar-refractivity contribution >= 4 is 50.3 Å². The van der Waals surface area contributed by atoms with E-state index < -0.39 is 10.0 Å². The molecule has 2 aromatic carbocycles. The highest BCUT2D eigenvalue weighted by molar-refractivity contribution is 7.89. The Morgan fingerprint density at radius 1 is 1.17 bits per heavy atom. The molecule has 0 bridgehead atoms. The molecule has 2 aromatic rings. The molecule has 1 heterocycles. The minimum Gasteiger partial charge on any atom is -0.374 e. The molecule has 30 heavy (non-hydrogen) atoms. The third-order valence-electron chi connectivity index (χ3n) is 4.79. The molecule has 0 saturated heterocycles. The van der Waals surface area contributed by atoms with Gasteiger partial charge in [0.15, 0.2) is 10.8 Å². The highest BCUT2D eigenvalue weighted by atomic mass is 32.2. The van der Waals surface area contributed by atoms with Crippen LogP contribution in [0.2, 0.25) is 0 Å². The van der Waals surface area contributed by atoms with Crippen molar-refractivity contribution in [3.8, 4) is 0 Å². The molecule has 1 amide bonds. The third kappa shape index (κ3) is 4.07. The number of hydrogen-bond donors (Lipinski definition) is 2. The molecule has 0 aliphatic carbocycles. The quantitative estimate of drug-likeness (QED) is 0.551. The molecular weight excluding hydrogens is 422 g/mol. The van der Waals surface area contributed by atoms with E-state index in [0.717, 1.165) is 10.6 Å². The fourth-order valence-corrected chi connectivity index (χ4v) is 3.79. The summed E-state index contributed by atoms with van der Waals surface area (Å²) >= 11 is 5.11. The van der Waals surface area contributed by atoms with Gasteiger partial charge in [0.25, 0.3) is 5.91 Å². The maximum atomic E-state index is 12.9. The minimum absolute atomic E-state index is 0.119. The van der Waals surface area contributed by atoms with E-state index in [4.69, 9.17) is 23.1 Å². The summed E-state index contributed by atoms with van der Waals surface area (Å²) in [6, 6.07) is 11.5. The number of likely N-dealkylation sites (N-methyl/N-ethyl adjacent to an activating group) is 1. The number of rotatable bonds is 3. The fourth-order valence-electron chi connectivity index (χ4n) is 3.09. The van der Waals surface area contributed by atoms with Gasteiger partial charge in [-0.1, -0.05) is 32.9 Å². The molecule has 8 nitrogen and oxygen atoms in total. The van der Waals surface area contributed by atoms with Crippen molar-refractivity contribution in [2.24, 2.45) is 16.0 Å². The van der Waals surface area contributed by atoms with Gasteiger partial charge in [0, 0.05) is 12.6 Å². The Hall–Kier alpha value is -2.82. The number of amides is 1. The molecule has 4 N–H and O–H groups in total. The lowest BCUT2D eigenvalue weighted by Crippen LogP contribution is -2.34. The van der Waals surface area contributed by atoms with Gasteiger partial charge >= 0.3 is 0 Å². The number of sulfonamides is 1. The summed E-state index contributed by atoms with van der Waals surface area (Å²) in [7, 11) is -2.28. The van der Waals surface area contributed by atoms with Gasteiger partial charge in [0.2, 0.25) is 10.0 Å². The molecule has 0 aromatic heterocycles. The van der Waals surface area contributed by atoms with Gasteiger partial charge in [-0.15, -0.1) is 0 Å². The SMILES string of the molecule is CN1C(=O)/C(=N\N(C(N)=S)c2cccc(S(N)(=O)=O)c2)c2cc(C(C)(C)C)ccc21. The van der Waals surface area contributed by atoms with E-state index in [-0.39, 0.29) is 32.7 Å². The zero-order valence-corrected chi connectivity index (χ0v) is 18.7. The first-order valence-corrected chi connectivity index (χ1v) is 11.0. The minimum atomic E-state index is -3.94. The molecule has 0 fully saturated rings. The van der Waals surface area contributed by atoms with Gasteiger partial charge in [0.05, 0.1) is 16.3 Å². The van der Waals surface area contributed by atoms with E-state index in [1.807, 2.05) is 18.2 Å². The Morgan fingerprint density at radius 2 is 1.83 bits per heavy atom. The molecular formula is C20H23N5O3S2. The lowest BCUT2D eigenvalue weighted by atomic mass is 9.85. The van der Waals surface area contributed by atoms with Crippen molar-refractivity contribution in [1.82, 2.24) is 0 Å². The number of anilines is 2. The number of carbonyl (C=O) groups excluding carboxylic acids is 1. The van der Waals surface area contributed by atoms with Gasteiger partial charge in [0.1, 0.15) is 0 Å². The average Bonchev–Trinajstić information content (AvgIpc) is 2.88. The Bertz CT molecular complexity index is 1180. The number of benzene rings is 2. The summed E-state index contributed by atoms with van der Waals surface area (Å²) in [5.74, 6) is -0.320. The van der Waals surface area contributed by atoms with E-state index in [2.05, 4.69) is 25.9 Å². The predicted molar refractivity (Wildman–Crippen MR) is 122 cm³/mol. The van der Waals surface area contributed by atoms with Crippen LogP contribution in [0, 0.1) is 0 Å². The molecule has 158 valence electrons. The van der Waals surface area contributed by atoms with Crippen molar-refractivity contribution in [2.75, 3.05) is 17.0 Å². The van der Waals surface area contributed by atoms with Crippen molar-refractivity contribution in [3.63, 3.8) is 0 Å². The number of fused-ring (bicyclic) bond motifs is 1. The van der Waals surface area contributed by atoms with Crippen LogP contribution >= 0.6 is 12.2 Å². The monoisotopic (exact) mass is 445 g/mol. The lowest BCUT2D eigenvalue weighted by molar-refractivity contribution is -0.111. The van der Waals surface area contributed by atoms with E-state index >= 15 is 0 Å². The highest BCUT2D eigenvalue weighted by Gasteiger charge is 2.34. The van der Waals surface area contributed by atoms with Crippen molar-refractivity contribution in [2.45, 2.75) is 31.1 Å². The Balaban J connectivity index is 2.17. The van der Waals surface area contributed by atoms with Crippen LogP contribution in [0.3, 0.4) is 0 Å². The summed E-state index contributed by atoms with van der Waals surface area (Å²) in [4.78, 5) is 14.3. The van der Waals surface area contributed by atoms with Gasteiger partial charge in [-0.05, 0) is 53.5 Å². The van der Waals surface area contributed by atoms with Crippen molar-refractivity contribution in [1.29, 1.82) is 0 Å². The first-order valence-electron chi connectivity index (χ1n) is 9.04. The maximum absolute atomic E-state index is 12.9. The van der Waals surface area contributed by atoms with Crippen LogP contribution in [0.5, 0.6) is 0 Å². The van der Waals surface area contributed by atoms with E-state index in [0.29, 0.717) is 11.3 Å². The normalized spacial score (nSPS) is 15.4.